The van der Waals surface area contributed by atoms with Crippen LogP contribution in [0.15, 0.2) is 48.5 Å². The van der Waals surface area contributed by atoms with Crippen LogP contribution in [0, 0.1) is 0 Å². The molecule has 0 unspecified atom stereocenters. The fourth-order valence-electron chi connectivity index (χ4n) is 3.20. The molecule has 6 nitrogen and oxygen atoms in total. The molecule has 0 radical (unpaired) electrons. The van der Waals surface area contributed by atoms with Gasteiger partial charge in [0.15, 0.2) is 18.1 Å². The third kappa shape index (κ3) is 4.92. The predicted molar refractivity (Wildman–Crippen MR) is 103 cm³/mol. The van der Waals surface area contributed by atoms with E-state index < -0.39 is 0 Å². The topological polar surface area (TPSA) is 51.2 Å². The summed E-state index contributed by atoms with van der Waals surface area (Å²) in [5, 5.41) is 0. The fourth-order valence-corrected chi connectivity index (χ4v) is 3.20. The van der Waals surface area contributed by atoms with Gasteiger partial charge in [0, 0.05) is 32.7 Å². The Hall–Kier alpha value is -2.73. The molecule has 3 rings (SSSR count). The van der Waals surface area contributed by atoms with Gasteiger partial charge in [0.05, 0.1) is 14.2 Å². The lowest BCUT2D eigenvalue weighted by molar-refractivity contribution is -0.135. The number of para-hydroxylation sites is 1. The lowest BCUT2D eigenvalue weighted by Gasteiger charge is -2.34. The molecule has 2 aromatic rings. The van der Waals surface area contributed by atoms with E-state index in [0.29, 0.717) is 30.3 Å². The van der Waals surface area contributed by atoms with Gasteiger partial charge in [0.2, 0.25) is 5.75 Å². The first-order valence-electron chi connectivity index (χ1n) is 9.09. The van der Waals surface area contributed by atoms with Gasteiger partial charge in [-0.3, -0.25) is 9.69 Å². The number of carbonyl (C=O) groups is 1. The Labute approximate surface area is 160 Å². The number of ether oxygens (including phenoxy) is 3. The van der Waals surface area contributed by atoms with Crippen molar-refractivity contribution < 1.29 is 19.0 Å². The smallest absolute Gasteiger partial charge is 0.260 e. The summed E-state index contributed by atoms with van der Waals surface area (Å²) in [6.45, 7) is 4.06. The Balaban J connectivity index is 1.49. The molecule has 0 aromatic heterocycles. The number of hydrogen-bond donors (Lipinski definition) is 0. The van der Waals surface area contributed by atoms with Crippen molar-refractivity contribution >= 4 is 5.91 Å². The maximum Gasteiger partial charge on any atom is 0.260 e. The summed E-state index contributed by atoms with van der Waals surface area (Å²) in [4.78, 5) is 16.7. The third-order valence-corrected chi connectivity index (χ3v) is 4.69. The molecule has 1 saturated heterocycles. The molecule has 0 saturated carbocycles. The van der Waals surface area contributed by atoms with Crippen molar-refractivity contribution in [3.8, 4) is 17.2 Å². The van der Waals surface area contributed by atoms with Crippen LogP contribution in [-0.2, 0) is 11.3 Å². The van der Waals surface area contributed by atoms with E-state index in [1.807, 2.05) is 17.0 Å². The number of methoxy groups -OCH3 is 2. The highest BCUT2D eigenvalue weighted by Crippen LogP contribution is 2.36. The summed E-state index contributed by atoms with van der Waals surface area (Å²) >= 11 is 0. The number of rotatable bonds is 7. The highest BCUT2D eigenvalue weighted by Gasteiger charge is 2.22. The van der Waals surface area contributed by atoms with Gasteiger partial charge in [0.25, 0.3) is 5.91 Å². The SMILES string of the molecule is COc1cccc(OCC(=O)N2CCN(Cc3ccccc3)CC2)c1OC. The summed E-state index contributed by atoms with van der Waals surface area (Å²) in [5.74, 6) is 1.57. The van der Waals surface area contributed by atoms with Gasteiger partial charge in [-0.1, -0.05) is 36.4 Å². The lowest BCUT2D eigenvalue weighted by Crippen LogP contribution is -2.49. The molecule has 27 heavy (non-hydrogen) atoms. The molecular formula is C21H26N2O4. The van der Waals surface area contributed by atoms with Crippen LogP contribution >= 0.6 is 0 Å². The van der Waals surface area contributed by atoms with E-state index in [1.165, 1.54) is 5.56 Å². The maximum atomic E-state index is 12.5. The molecule has 0 bridgehead atoms. The van der Waals surface area contributed by atoms with Gasteiger partial charge in [-0.25, -0.2) is 0 Å². The molecule has 0 atom stereocenters. The zero-order valence-corrected chi connectivity index (χ0v) is 15.9. The molecule has 6 heteroatoms. The Morgan fingerprint density at radius 3 is 2.26 bits per heavy atom. The van der Waals surface area contributed by atoms with Crippen LogP contribution in [0.4, 0.5) is 0 Å². The second-order valence-electron chi connectivity index (χ2n) is 6.42. The molecule has 0 spiro atoms. The first-order chi connectivity index (χ1) is 13.2. The maximum absolute atomic E-state index is 12.5. The van der Waals surface area contributed by atoms with E-state index in [9.17, 15) is 4.79 Å². The summed E-state index contributed by atoms with van der Waals surface area (Å²) in [5.41, 5.74) is 1.30. The van der Waals surface area contributed by atoms with Crippen molar-refractivity contribution in [2.45, 2.75) is 6.54 Å². The van der Waals surface area contributed by atoms with Crippen LogP contribution in [-0.4, -0.2) is 62.7 Å². The second-order valence-corrected chi connectivity index (χ2v) is 6.42. The molecule has 1 fully saturated rings. The fraction of sp³-hybridized carbons (Fsp3) is 0.381. The van der Waals surface area contributed by atoms with Gasteiger partial charge >= 0.3 is 0 Å². The van der Waals surface area contributed by atoms with Crippen molar-refractivity contribution in [3.63, 3.8) is 0 Å². The molecule has 1 aliphatic heterocycles. The average Bonchev–Trinajstić information content (AvgIpc) is 2.72. The molecule has 1 heterocycles. The van der Waals surface area contributed by atoms with Gasteiger partial charge < -0.3 is 19.1 Å². The van der Waals surface area contributed by atoms with Crippen molar-refractivity contribution in [1.29, 1.82) is 0 Å². The van der Waals surface area contributed by atoms with Crippen molar-refractivity contribution in [2.75, 3.05) is 47.0 Å². The van der Waals surface area contributed by atoms with E-state index in [0.717, 1.165) is 19.6 Å². The number of piperazine rings is 1. The number of hydrogen-bond acceptors (Lipinski definition) is 5. The van der Waals surface area contributed by atoms with E-state index in [4.69, 9.17) is 14.2 Å². The Bertz CT molecular complexity index is 743. The Morgan fingerprint density at radius 1 is 0.889 bits per heavy atom. The standard InChI is InChI=1S/C21H26N2O4/c1-25-18-9-6-10-19(21(18)26-2)27-16-20(24)23-13-11-22(12-14-23)15-17-7-4-3-5-8-17/h3-10H,11-16H2,1-2H3. The van der Waals surface area contributed by atoms with Crippen LogP contribution in [0.2, 0.25) is 0 Å². The Kier molecular flexibility index (Phi) is 6.54. The molecule has 144 valence electrons. The number of carbonyl (C=O) groups excluding carboxylic acids is 1. The van der Waals surface area contributed by atoms with Gasteiger partial charge in [-0.15, -0.1) is 0 Å². The zero-order valence-electron chi connectivity index (χ0n) is 15.9. The minimum Gasteiger partial charge on any atom is -0.493 e. The first-order valence-corrected chi connectivity index (χ1v) is 9.09. The van der Waals surface area contributed by atoms with E-state index in [2.05, 4.69) is 29.2 Å². The van der Waals surface area contributed by atoms with Crippen molar-refractivity contribution in [2.24, 2.45) is 0 Å². The van der Waals surface area contributed by atoms with E-state index in [-0.39, 0.29) is 12.5 Å². The first kappa shape index (κ1) is 19.0. The van der Waals surface area contributed by atoms with Crippen LogP contribution < -0.4 is 14.2 Å². The molecular weight excluding hydrogens is 344 g/mol. The monoisotopic (exact) mass is 370 g/mol. The zero-order chi connectivity index (χ0) is 19.1. The van der Waals surface area contributed by atoms with Gasteiger partial charge in [-0.05, 0) is 17.7 Å². The van der Waals surface area contributed by atoms with Crippen LogP contribution in [0.5, 0.6) is 17.2 Å². The predicted octanol–water partition coefficient (Wildman–Crippen LogP) is 2.43. The van der Waals surface area contributed by atoms with Crippen molar-refractivity contribution in [3.05, 3.63) is 54.1 Å². The summed E-state index contributed by atoms with van der Waals surface area (Å²) in [6, 6.07) is 15.8. The van der Waals surface area contributed by atoms with Crippen LogP contribution in [0.3, 0.4) is 0 Å². The molecule has 2 aromatic carbocycles. The average molecular weight is 370 g/mol. The lowest BCUT2D eigenvalue weighted by atomic mass is 10.2. The minimum atomic E-state index is -0.0146. The number of amides is 1. The molecule has 1 aliphatic rings. The van der Waals surface area contributed by atoms with E-state index >= 15 is 0 Å². The molecule has 0 aliphatic carbocycles. The molecule has 1 amide bonds. The number of benzene rings is 2. The summed E-state index contributed by atoms with van der Waals surface area (Å²) < 4.78 is 16.3. The van der Waals surface area contributed by atoms with Crippen LogP contribution in [0.25, 0.3) is 0 Å². The van der Waals surface area contributed by atoms with E-state index in [1.54, 1.807) is 26.4 Å². The minimum absolute atomic E-state index is 0.0117. The Morgan fingerprint density at radius 2 is 1.59 bits per heavy atom. The molecule has 0 N–H and O–H groups in total. The largest absolute Gasteiger partial charge is 0.493 e. The summed E-state index contributed by atoms with van der Waals surface area (Å²) in [7, 11) is 3.13. The van der Waals surface area contributed by atoms with Gasteiger partial charge in [0.1, 0.15) is 0 Å². The van der Waals surface area contributed by atoms with Gasteiger partial charge in [-0.2, -0.15) is 0 Å². The number of nitrogens with zero attached hydrogens (tertiary/aromatic N) is 2. The van der Waals surface area contributed by atoms with Crippen LogP contribution in [0.1, 0.15) is 5.56 Å². The highest BCUT2D eigenvalue weighted by atomic mass is 16.5. The normalized spacial score (nSPS) is 14.7. The highest BCUT2D eigenvalue weighted by molar-refractivity contribution is 5.78. The third-order valence-electron chi connectivity index (χ3n) is 4.69. The van der Waals surface area contributed by atoms with Crippen molar-refractivity contribution in [1.82, 2.24) is 9.80 Å². The second kappa shape index (κ2) is 9.28. The summed E-state index contributed by atoms with van der Waals surface area (Å²) in [6.07, 6.45) is 0. The quantitative estimate of drug-likeness (QED) is 0.749.